The van der Waals surface area contributed by atoms with Crippen LogP contribution in [0.4, 0.5) is 0 Å². The third kappa shape index (κ3) is 3.19. The van der Waals surface area contributed by atoms with Gasteiger partial charge in [-0.3, -0.25) is 0 Å². The summed E-state index contributed by atoms with van der Waals surface area (Å²) in [5.41, 5.74) is 6.67. The predicted octanol–water partition coefficient (Wildman–Crippen LogP) is 3.03. The van der Waals surface area contributed by atoms with E-state index >= 15 is 0 Å². The van der Waals surface area contributed by atoms with Gasteiger partial charge in [-0.1, -0.05) is 23.7 Å². The van der Waals surface area contributed by atoms with Gasteiger partial charge in [0, 0.05) is 6.20 Å². The van der Waals surface area contributed by atoms with Crippen molar-refractivity contribution >= 4 is 11.6 Å². The second-order valence-corrected chi connectivity index (χ2v) is 3.98. The third-order valence-corrected chi connectivity index (χ3v) is 2.58. The van der Waals surface area contributed by atoms with Crippen molar-refractivity contribution in [2.45, 2.75) is 6.42 Å². The summed E-state index contributed by atoms with van der Waals surface area (Å²) >= 11 is 5.95. The maximum absolute atomic E-state index is 5.95. The van der Waals surface area contributed by atoms with Crippen LogP contribution in [0.15, 0.2) is 42.6 Å². The molecule has 0 fully saturated rings. The molecule has 1 heterocycles. The summed E-state index contributed by atoms with van der Waals surface area (Å²) < 4.78 is 5.57. The smallest absolute Gasteiger partial charge is 0.238 e. The second-order valence-electron chi connectivity index (χ2n) is 3.58. The highest BCUT2D eigenvalue weighted by Crippen LogP contribution is 2.26. The molecule has 0 saturated carbocycles. The fraction of sp³-hybridized carbons (Fsp3) is 0.154. The molecule has 0 aliphatic rings. The number of halogens is 1. The van der Waals surface area contributed by atoms with Gasteiger partial charge in [-0.2, -0.15) is 0 Å². The van der Waals surface area contributed by atoms with Gasteiger partial charge in [-0.15, -0.1) is 0 Å². The van der Waals surface area contributed by atoms with E-state index in [1.807, 2.05) is 24.3 Å². The fourth-order valence-electron chi connectivity index (χ4n) is 1.45. The molecule has 0 aliphatic heterocycles. The van der Waals surface area contributed by atoms with Gasteiger partial charge in [-0.25, -0.2) is 4.98 Å². The molecule has 4 heteroatoms. The maximum Gasteiger partial charge on any atom is 0.238 e. The Morgan fingerprint density at radius 1 is 1.18 bits per heavy atom. The minimum Gasteiger partial charge on any atom is -0.438 e. The molecular weight excluding hydrogens is 236 g/mol. The van der Waals surface area contributed by atoms with Gasteiger partial charge in [-0.05, 0) is 42.8 Å². The normalized spacial score (nSPS) is 10.2. The molecule has 1 aromatic heterocycles. The van der Waals surface area contributed by atoms with Gasteiger partial charge >= 0.3 is 0 Å². The number of rotatable bonds is 4. The van der Waals surface area contributed by atoms with Crippen LogP contribution in [0, 0.1) is 0 Å². The highest BCUT2D eigenvalue weighted by molar-refractivity contribution is 6.31. The van der Waals surface area contributed by atoms with Crippen molar-refractivity contribution in [3.63, 3.8) is 0 Å². The molecular formula is C13H13ClN2O. The van der Waals surface area contributed by atoms with E-state index in [-0.39, 0.29) is 0 Å². The summed E-state index contributed by atoms with van der Waals surface area (Å²) in [6.07, 6.45) is 2.51. The van der Waals surface area contributed by atoms with Crippen molar-refractivity contribution < 1.29 is 4.74 Å². The molecule has 0 bridgehead atoms. The molecule has 0 spiro atoms. The summed E-state index contributed by atoms with van der Waals surface area (Å²) in [4.78, 5) is 4.06. The molecule has 0 amide bonds. The molecule has 17 heavy (non-hydrogen) atoms. The summed E-state index contributed by atoms with van der Waals surface area (Å²) in [6, 6.07) is 11.2. The van der Waals surface area contributed by atoms with E-state index in [9.17, 15) is 0 Å². The number of aromatic nitrogens is 1. The molecule has 2 N–H and O–H groups in total. The number of ether oxygens (including phenoxy) is 1. The van der Waals surface area contributed by atoms with Crippen molar-refractivity contribution in [3.05, 3.63) is 53.2 Å². The van der Waals surface area contributed by atoms with E-state index in [1.54, 1.807) is 18.3 Å². The van der Waals surface area contributed by atoms with Gasteiger partial charge in [0.15, 0.2) is 0 Å². The van der Waals surface area contributed by atoms with Crippen molar-refractivity contribution in [2.24, 2.45) is 5.73 Å². The lowest BCUT2D eigenvalue weighted by molar-refractivity contribution is 0.463. The van der Waals surface area contributed by atoms with Crippen LogP contribution in [0.1, 0.15) is 5.56 Å². The third-order valence-electron chi connectivity index (χ3n) is 2.30. The van der Waals surface area contributed by atoms with Crippen LogP contribution in [0.2, 0.25) is 5.02 Å². The number of benzene rings is 1. The molecule has 2 rings (SSSR count). The van der Waals surface area contributed by atoms with E-state index < -0.39 is 0 Å². The lowest BCUT2D eigenvalue weighted by atomic mass is 10.1. The summed E-state index contributed by atoms with van der Waals surface area (Å²) in [5, 5.41) is 0.499. The first-order valence-electron chi connectivity index (χ1n) is 5.37. The van der Waals surface area contributed by atoms with Gasteiger partial charge in [0.1, 0.15) is 10.8 Å². The molecule has 3 nitrogen and oxygen atoms in total. The van der Waals surface area contributed by atoms with Crippen LogP contribution in [0.25, 0.3) is 0 Å². The molecule has 2 aromatic rings. The Balaban J connectivity index is 2.11. The standard InChI is InChI=1S/C13H13ClN2O/c14-12-2-1-9-16-13(12)17-11-5-3-10(4-6-11)7-8-15/h1-6,9H,7-8,15H2. The highest BCUT2D eigenvalue weighted by Gasteiger charge is 2.03. The van der Waals surface area contributed by atoms with Crippen LogP contribution in [-0.2, 0) is 6.42 Å². The van der Waals surface area contributed by atoms with Crippen molar-refractivity contribution in [3.8, 4) is 11.6 Å². The van der Waals surface area contributed by atoms with Gasteiger partial charge in [0.25, 0.3) is 0 Å². The van der Waals surface area contributed by atoms with Crippen LogP contribution in [0.5, 0.6) is 11.6 Å². The van der Waals surface area contributed by atoms with E-state index in [4.69, 9.17) is 22.1 Å². The van der Waals surface area contributed by atoms with Crippen molar-refractivity contribution in [1.29, 1.82) is 0 Å². The van der Waals surface area contributed by atoms with Crippen molar-refractivity contribution in [2.75, 3.05) is 6.54 Å². The average molecular weight is 249 g/mol. The number of nitrogens with two attached hydrogens (primary N) is 1. The molecule has 0 unspecified atom stereocenters. The quantitative estimate of drug-likeness (QED) is 0.905. The Labute approximate surface area is 105 Å². The zero-order chi connectivity index (χ0) is 12.1. The maximum atomic E-state index is 5.95. The lowest BCUT2D eigenvalue weighted by Crippen LogP contribution is -2.02. The largest absolute Gasteiger partial charge is 0.438 e. The van der Waals surface area contributed by atoms with E-state index in [0.717, 1.165) is 6.42 Å². The summed E-state index contributed by atoms with van der Waals surface area (Å²) in [5.74, 6) is 1.13. The van der Waals surface area contributed by atoms with Gasteiger partial charge < -0.3 is 10.5 Å². The zero-order valence-corrected chi connectivity index (χ0v) is 10.0. The Kier molecular flexibility index (Phi) is 3.96. The minimum atomic E-state index is 0.417. The average Bonchev–Trinajstić information content (AvgIpc) is 2.35. The zero-order valence-electron chi connectivity index (χ0n) is 9.27. The van der Waals surface area contributed by atoms with Gasteiger partial charge in [0.05, 0.1) is 0 Å². The molecule has 0 saturated heterocycles. The Hall–Kier alpha value is -1.58. The van der Waals surface area contributed by atoms with Crippen LogP contribution >= 0.6 is 11.6 Å². The highest BCUT2D eigenvalue weighted by atomic mass is 35.5. The Bertz CT molecular complexity index is 485. The Morgan fingerprint density at radius 2 is 1.94 bits per heavy atom. The summed E-state index contributed by atoms with van der Waals surface area (Å²) in [6.45, 7) is 0.645. The first kappa shape index (κ1) is 11.9. The predicted molar refractivity (Wildman–Crippen MR) is 68.5 cm³/mol. The topological polar surface area (TPSA) is 48.1 Å². The number of nitrogens with zero attached hydrogens (tertiary/aromatic N) is 1. The molecule has 88 valence electrons. The number of hydrogen-bond donors (Lipinski definition) is 1. The monoisotopic (exact) mass is 248 g/mol. The molecule has 0 radical (unpaired) electrons. The number of hydrogen-bond acceptors (Lipinski definition) is 3. The molecule has 1 aromatic carbocycles. The molecule has 0 aliphatic carbocycles. The van der Waals surface area contributed by atoms with E-state index in [2.05, 4.69) is 4.98 Å². The van der Waals surface area contributed by atoms with Crippen molar-refractivity contribution in [1.82, 2.24) is 4.98 Å². The fourth-order valence-corrected chi connectivity index (χ4v) is 1.61. The minimum absolute atomic E-state index is 0.417. The SMILES string of the molecule is NCCc1ccc(Oc2ncccc2Cl)cc1. The summed E-state index contributed by atoms with van der Waals surface area (Å²) in [7, 11) is 0. The van der Waals surface area contributed by atoms with Gasteiger partial charge in [0.2, 0.25) is 5.88 Å². The molecule has 0 atom stereocenters. The van der Waals surface area contributed by atoms with E-state index in [0.29, 0.717) is 23.2 Å². The number of pyridine rings is 1. The first-order valence-corrected chi connectivity index (χ1v) is 5.75. The van der Waals surface area contributed by atoms with Crippen LogP contribution < -0.4 is 10.5 Å². The first-order chi connectivity index (χ1) is 8.29. The van der Waals surface area contributed by atoms with Crippen LogP contribution in [-0.4, -0.2) is 11.5 Å². The lowest BCUT2D eigenvalue weighted by Gasteiger charge is -2.06. The van der Waals surface area contributed by atoms with E-state index in [1.165, 1.54) is 5.56 Å². The van der Waals surface area contributed by atoms with Crippen LogP contribution in [0.3, 0.4) is 0 Å². The second kappa shape index (κ2) is 5.66. The Morgan fingerprint density at radius 3 is 2.59 bits per heavy atom.